The fraction of sp³-hybridized carbons (Fsp3) is 0.667. The monoisotopic (exact) mass is 202 g/mol. The Bertz CT molecular complexity index is 68.8. The first-order valence-electron chi connectivity index (χ1n) is 5.04. The van der Waals surface area contributed by atoms with Gasteiger partial charge in [-0.2, -0.15) is 0 Å². The minimum absolute atomic E-state index is 1.00. The maximum atomic E-state index is 7.00. The first-order chi connectivity index (χ1) is 6.91. The van der Waals surface area contributed by atoms with Gasteiger partial charge >= 0.3 is 0 Å². The van der Waals surface area contributed by atoms with E-state index in [1.807, 2.05) is 0 Å². The van der Waals surface area contributed by atoms with E-state index in [9.17, 15) is 0 Å². The number of allylic oxidation sites excluding steroid dienone is 2. The van der Waals surface area contributed by atoms with Crippen LogP contribution in [0.1, 0.15) is 38.5 Å². The van der Waals surface area contributed by atoms with Gasteiger partial charge in [0.25, 0.3) is 0 Å². The molecule has 14 heavy (non-hydrogen) atoms. The lowest BCUT2D eigenvalue weighted by atomic mass is 10.0. The van der Waals surface area contributed by atoms with Gasteiger partial charge in [0.05, 0.1) is 0 Å². The second kappa shape index (κ2) is 29.4. The maximum absolute atomic E-state index is 7.00. The molecule has 2 nitrogen and oxygen atoms in total. The lowest BCUT2D eigenvalue weighted by Gasteiger charge is -2.05. The normalized spacial score (nSPS) is 12.6. The first-order valence-corrected chi connectivity index (χ1v) is 5.04. The lowest BCUT2D eigenvalue weighted by molar-refractivity contribution is 0.399. The summed E-state index contributed by atoms with van der Waals surface area (Å²) in [5, 5.41) is 14.0. The fourth-order valence-electron chi connectivity index (χ4n) is 1.06. The molecular weight excluding hydrogens is 176 g/mol. The molecule has 0 aromatic rings. The molecule has 1 fully saturated rings. The molecule has 1 rings (SSSR count). The third-order valence-corrected chi connectivity index (χ3v) is 1.67. The Kier molecular flexibility index (Phi) is 40.0. The smallest absolute Gasteiger partial charge is 0.0319 e. The van der Waals surface area contributed by atoms with Gasteiger partial charge in [-0.15, -0.1) is 0 Å². The largest absolute Gasteiger partial charge is 0.400 e. The van der Waals surface area contributed by atoms with Crippen LogP contribution in [0.15, 0.2) is 25.3 Å². The van der Waals surface area contributed by atoms with Crippen molar-refractivity contribution < 1.29 is 10.2 Å². The summed E-state index contributed by atoms with van der Waals surface area (Å²) in [6, 6.07) is 0. The van der Waals surface area contributed by atoms with Crippen LogP contribution in [0.25, 0.3) is 0 Å². The minimum atomic E-state index is 1.00. The number of rotatable bonds is 1. The van der Waals surface area contributed by atoms with Crippen molar-refractivity contribution in [1.82, 2.24) is 0 Å². The van der Waals surface area contributed by atoms with Gasteiger partial charge < -0.3 is 10.2 Å². The molecule has 0 amide bonds. The predicted molar refractivity (Wildman–Crippen MR) is 64.4 cm³/mol. The fourth-order valence-corrected chi connectivity index (χ4v) is 1.06. The van der Waals surface area contributed by atoms with Crippen molar-refractivity contribution in [2.24, 2.45) is 0 Å². The summed E-state index contributed by atoms with van der Waals surface area (Å²) in [5.41, 5.74) is 0. The number of hydrogen-bond acceptors (Lipinski definition) is 2. The van der Waals surface area contributed by atoms with E-state index in [2.05, 4.69) is 13.2 Å². The average Bonchev–Trinajstić information content (AvgIpc) is 2.36. The second-order valence-electron chi connectivity index (χ2n) is 2.59. The topological polar surface area (TPSA) is 40.5 Å². The summed E-state index contributed by atoms with van der Waals surface area (Å²) in [6.45, 7) is 6.72. The summed E-state index contributed by atoms with van der Waals surface area (Å²) in [4.78, 5) is 0. The van der Waals surface area contributed by atoms with Gasteiger partial charge in [-0.25, -0.2) is 0 Å². The molecule has 86 valence electrons. The molecule has 2 heteroatoms. The van der Waals surface area contributed by atoms with Gasteiger partial charge in [-0.1, -0.05) is 63.8 Å². The van der Waals surface area contributed by atoms with Gasteiger partial charge in [0.1, 0.15) is 0 Å². The molecule has 0 bridgehead atoms. The zero-order chi connectivity index (χ0) is 11.7. The molecule has 0 aromatic heterocycles. The molecule has 0 saturated heterocycles. The van der Waals surface area contributed by atoms with Crippen LogP contribution in [0.2, 0.25) is 0 Å². The van der Waals surface area contributed by atoms with Gasteiger partial charge in [-0.3, -0.25) is 0 Å². The molecule has 1 aliphatic rings. The second-order valence-corrected chi connectivity index (χ2v) is 2.59. The third kappa shape index (κ3) is 30.1. The van der Waals surface area contributed by atoms with Crippen molar-refractivity contribution >= 4 is 0 Å². The van der Waals surface area contributed by atoms with Crippen LogP contribution in [0.5, 0.6) is 0 Å². The highest BCUT2D eigenvalue weighted by molar-refractivity contribution is 4.88. The number of hydrogen-bond donors (Lipinski definition) is 2. The maximum Gasteiger partial charge on any atom is 0.0319 e. The predicted octanol–water partition coefficient (Wildman–Crippen LogP) is 2.92. The van der Waals surface area contributed by atoms with E-state index in [0.717, 1.165) is 14.2 Å². The van der Waals surface area contributed by atoms with Crippen molar-refractivity contribution in [1.29, 1.82) is 0 Å². The van der Waals surface area contributed by atoms with Gasteiger partial charge in [0.15, 0.2) is 0 Å². The minimum Gasteiger partial charge on any atom is -0.400 e. The summed E-state index contributed by atoms with van der Waals surface area (Å²) >= 11 is 0. The molecule has 0 atom stereocenters. The molecule has 1 aliphatic carbocycles. The standard InChI is InChI=1S/C6H12.C4H6.2CH4O/c1-2-4-6-5-3-1;1-3-4-2;2*1-2/h1-6H2;3-4H,1-2H2;2*2H,1H3. The molecule has 2 N–H and O–H groups in total. The van der Waals surface area contributed by atoms with Crippen molar-refractivity contribution in [2.45, 2.75) is 38.5 Å². The van der Waals surface area contributed by atoms with Crippen LogP contribution in [0, 0.1) is 0 Å². The Morgan fingerprint density at radius 3 is 0.857 bits per heavy atom. The summed E-state index contributed by atoms with van der Waals surface area (Å²) in [7, 11) is 2.00. The molecule has 0 aliphatic heterocycles. The van der Waals surface area contributed by atoms with Crippen molar-refractivity contribution in [3.05, 3.63) is 25.3 Å². The van der Waals surface area contributed by atoms with Crippen LogP contribution in [-0.4, -0.2) is 24.4 Å². The van der Waals surface area contributed by atoms with E-state index in [0.29, 0.717) is 0 Å². The molecule has 1 saturated carbocycles. The van der Waals surface area contributed by atoms with E-state index in [1.54, 1.807) is 12.2 Å². The first kappa shape index (κ1) is 19.0. The Hall–Kier alpha value is -0.600. The highest BCUT2D eigenvalue weighted by Gasteiger charge is 1.95. The van der Waals surface area contributed by atoms with E-state index in [1.165, 1.54) is 38.5 Å². The quantitative estimate of drug-likeness (QED) is 0.642. The van der Waals surface area contributed by atoms with Crippen LogP contribution in [0.4, 0.5) is 0 Å². The Morgan fingerprint density at radius 2 is 0.786 bits per heavy atom. The van der Waals surface area contributed by atoms with Crippen molar-refractivity contribution in [3.63, 3.8) is 0 Å². The van der Waals surface area contributed by atoms with E-state index in [-0.39, 0.29) is 0 Å². The highest BCUT2D eigenvalue weighted by atomic mass is 16.2. The van der Waals surface area contributed by atoms with Crippen molar-refractivity contribution in [3.8, 4) is 0 Å². The molecule has 0 spiro atoms. The molecule has 0 radical (unpaired) electrons. The van der Waals surface area contributed by atoms with Gasteiger partial charge in [0, 0.05) is 14.2 Å². The summed E-state index contributed by atoms with van der Waals surface area (Å²) in [6.07, 6.45) is 12.3. The SMILES string of the molecule is C1CCCCC1.C=CC=C.CO.CO. The van der Waals surface area contributed by atoms with E-state index >= 15 is 0 Å². The molecule has 0 heterocycles. The molecule has 0 aromatic carbocycles. The lowest BCUT2D eigenvalue weighted by Crippen LogP contribution is -1.85. The van der Waals surface area contributed by atoms with Gasteiger partial charge in [0.2, 0.25) is 0 Å². The number of aliphatic hydroxyl groups is 2. The van der Waals surface area contributed by atoms with Crippen LogP contribution in [-0.2, 0) is 0 Å². The van der Waals surface area contributed by atoms with Gasteiger partial charge in [-0.05, 0) is 0 Å². The van der Waals surface area contributed by atoms with Crippen molar-refractivity contribution in [2.75, 3.05) is 14.2 Å². The molecule has 0 unspecified atom stereocenters. The summed E-state index contributed by atoms with van der Waals surface area (Å²) in [5.74, 6) is 0. The third-order valence-electron chi connectivity index (χ3n) is 1.67. The Balaban J connectivity index is -0.000000134. The Morgan fingerprint density at radius 1 is 0.643 bits per heavy atom. The van der Waals surface area contributed by atoms with E-state index < -0.39 is 0 Å². The highest BCUT2D eigenvalue weighted by Crippen LogP contribution is 2.15. The zero-order valence-electron chi connectivity index (χ0n) is 9.71. The van der Waals surface area contributed by atoms with E-state index in [4.69, 9.17) is 10.2 Å². The number of aliphatic hydroxyl groups excluding tert-OH is 2. The summed E-state index contributed by atoms with van der Waals surface area (Å²) < 4.78 is 0. The zero-order valence-corrected chi connectivity index (χ0v) is 9.71. The molecular formula is C12H26O2. The average molecular weight is 202 g/mol. The van der Waals surface area contributed by atoms with Crippen LogP contribution in [0.3, 0.4) is 0 Å². The Labute approximate surface area is 89.0 Å². The van der Waals surface area contributed by atoms with Crippen LogP contribution >= 0.6 is 0 Å². The van der Waals surface area contributed by atoms with Crippen LogP contribution < -0.4 is 0 Å².